The summed E-state index contributed by atoms with van der Waals surface area (Å²) in [6.07, 6.45) is 1.84. The third kappa shape index (κ3) is 3.82. The summed E-state index contributed by atoms with van der Waals surface area (Å²) < 4.78 is 2.15. The van der Waals surface area contributed by atoms with Gasteiger partial charge in [-0.3, -0.25) is 4.68 Å². The standard InChI is InChI=1S/C19H23N5S.2ClH/c1-3-23(4-2)10-11-24-15-8-7-13(12-20)18-16(15)17(22-24)14-6-5-9-21-19(14)25-18;;/h5-9H,3-4,10-12,20H2,1-2H3;2*1H. The average Bonchev–Trinajstić information content (AvgIpc) is 3.03. The summed E-state index contributed by atoms with van der Waals surface area (Å²) >= 11 is 1.72. The van der Waals surface area contributed by atoms with Crippen molar-refractivity contribution in [3.05, 3.63) is 36.0 Å². The summed E-state index contributed by atoms with van der Waals surface area (Å²) in [7, 11) is 0. The largest absolute Gasteiger partial charge is 0.326 e. The second-order valence-corrected chi connectivity index (χ2v) is 7.21. The normalized spacial score (nSPS) is 11.9. The monoisotopic (exact) mass is 425 g/mol. The van der Waals surface area contributed by atoms with Crippen LogP contribution in [0.15, 0.2) is 40.4 Å². The van der Waals surface area contributed by atoms with Crippen molar-refractivity contribution in [1.29, 1.82) is 0 Å². The Morgan fingerprint density at radius 1 is 1.15 bits per heavy atom. The molecule has 0 saturated heterocycles. The minimum Gasteiger partial charge on any atom is -0.326 e. The molecule has 0 unspecified atom stereocenters. The highest BCUT2D eigenvalue weighted by atomic mass is 35.5. The first-order valence-corrected chi connectivity index (χ1v) is 9.66. The van der Waals surface area contributed by atoms with Crippen LogP contribution in [0.4, 0.5) is 0 Å². The van der Waals surface area contributed by atoms with Crippen LogP contribution < -0.4 is 5.73 Å². The molecule has 0 amide bonds. The molecule has 0 spiro atoms. The number of nitrogens with zero attached hydrogens (tertiary/aromatic N) is 4. The molecule has 5 nitrogen and oxygen atoms in total. The van der Waals surface area contributed by atoms with E-state index in [0.717, 1.165) is 42.5 Å². The van der Waals surface area contributed by atoms with E-state index in [1.165, 1.54) is 21.4 Å². The predicted molar refractivity (Wildman–Crippen MR) is 117 cm³/mol. The van der Waals surface area contributed by atoms with E-state index in [4.69, 9.17) is 10.8 Å². The second-order valence-electron chi connectivity index (χ2n) is 6.21. The lowest BCUT2D eigenvalue weighted by molar-refractivity contribution is 0.287. The molecule has 8 heteroatoms. The van der Waals surface area contributed by atoms with Gasteiger partial charge in [-0.2, -0.15) is 5.10 Å². The van der Waals surface area contributed by atoms with Crippen LogP contribution in [0.1, 0.15) is 19.4 Å². The summed E-state index contributed by atoms with van der Waals surface area (Å²) in [5.41, 5.74) is 10.5. The number of nitrogens with two attached hydrogens (primary N) is 1. The molecular formula is C19H25Cl2N5S. The molecule has 0 atom stereocenters. The molecule has 0 saturated carbocycles. The van der Waals surface area contributed by atoms with E-state index >= 15 is 0 Å². The molecule has 2 N–H and O–H groups in total. The molecule has 4 rings (SSSR count). The van der Waals surface area contributed by atoms with Crippen LogP contribution in [0.25, 0.3) is 22.2 Å². The smallest absolute Gasteiger partial charge is 0.110 e. The highest BCUT2D eigenvalue weighted by molar-refractivity contribution is 7.99. The average molecular weight is 426 g/mol. The Labute approximate surface area is 176 Å². The van der Waals surface area contributed by atoms with Gasteiger partial charge in [-0.05, 0) is 36.9 Å². The van der Waals surface area contributed by atoms with Gasteiger partial charge in [0.05, 0.1) is 12.1 Å². The zero-order valence-corrected chi connectivity index (χ0v) is 18.0. The van der Waals surface area contributed by atoms with Crippen molar-refractivity contribution in [2.45, 2.75) is 36.9 Å². The lowest BCUT2D eigenvalue weighted by atomic mass is 10.1. The molecule has 0 fully saturated rings. The van der Waals surface area contributed by atoms with E-state index in [1.807, 2.05) is 12.3 Å². The zero-order chi connectivity index (χ0) is 17.4. The van der Waals surface area contributed by atoms with Gasteiger partial charge in [-0.15, -0.1) is 24.8 Å². The molecule has 3 aromatic rings. The van der Waals surface area contributed by atoms with Gasteiger partial charge in [-0.25, -0.2) is 4.98 Å². The Kier molecular flexibility index (Phi) is 7.54. The molecule has 0 bridgehead atoms. The summed E-state index contributed by atoms with van der Waals surface area (Å²) in [6.45, 7) is 8.96. The number of hydrogen-bond donors (Lipinski definition) is 1. The number of fused-ring (bicyclic) bond motifs is 2. The molecular weight excluding hydrogens is 401 g/mol. The Balaban J connectivity index is 0.00000131. The quantitative estimate of drug-likeness (QED) is 0.501. The first kappa shape index (κ1) is 22.0. The van der Waals surface area contributed by atoms with Crippen LogP contribution in [0.3, 0.4) is 0 Å². The van der Waals surface area contributed by atoms with E-state index in [2.05, 4.69) is 46.6 Å². The van der Waals surface area contributed by atoms with Crippen molar-refractivity contribution >= 4 is 47.5 Å². The number of hydrogen-bond acceptors (Lipinski definition) is 5. The van der Waals surface area contributed by atoms with Crippen LogP contribution in [0.2, 0.25) is 0 Å². The van der Waals surface area contributed by atoms with E-state index in [-0.39, 0.29) is 24.8 Å². The van der Waals surface area contributed by atoms with Gasteiger partial charge in [0.2, 0.25) is 0 Å². The van der Waals surface area contributed by atoms with Crippen molar-refractivity contribution in [2.75, 3.05) is 19.6 Å². The number of halogens is 2. The van der Waals surface area contributed by atoms with Gasteiger partial charge < -0.3 is 10.6 Å². The SMILES string of the molecule is CCN(CC)CCn1nc2c3c(c(CN)ccc31)Sc1ncccc1-2.Cl.Cl. The molecule has 1 aromatic carbocycles. The van der Waals surface area contributed by atoms with Crippen LogP contribution in [0, 0.1) is 0 Å². The number of likely N-dealkylation sites (N-methyl/N-ethyl adjacent to an activating group) is 1. The number of aromatic nitrogens is 3. The van der Waals surface area contributed by atoms with E-state index in [1.54, 1.807) is 11.8 Å². The molecule has 2 aromatic heterocycles. The Bertz CT molecular complexity index is 924. The van der Waals surface area contributed by atoms with E-state index in [0.29, 0.717) is 6.54 Å². The second kappa shape index (κ2) is 9.26. The van der Waals surface area contributed by atoms with Crippen molar-refractivity contribution in [3.8, 4) is 11.3 Å². The van der Waals surface area contributed by atoms with E-state index < -0.39 is 0 Å². The topological polar surface area (TPSA) is 60.0 Å². The van der Waals surface area contributed by atoms with Crippen molar-refractivity contribution in [2.24, 2.45) is 5.73 Å². The van der Waals surface area contributed by atoms with Gasteiger partial charge >= 0.3 is 0 Å². The summed E-state index contributed by atoms with van der Waals surface area (Å²) in [5, 5.41) is 7.22. The lowest BCUT2D eigenvalue weighted by Gasteiger charge is -2.18. The minimum atomic E-state index is 0. The summed E-state index contributed by atoms with van der Waals surface area (Å²) in [6, 6.07) is 8.40. The predicted octanol–water partition coefficient (Wildman–Crippen LogP) is 4.21. The molecule has 146 valence electrons. The lowest BCUT2D eigenvalue weighted by Crippen LogP contribution is -2.27. The Morgan fingerprint density at radius 2 is 1.93 bits per heavy atom. The molecule has 1 aliphatic rings. The Hall–Kier alpha value is -1.31. The van der Waals surface area contributed by atoms with Gasteiger partial charge in [-0.1, -0.05) is 31.7 Å². The molecule has 1 aliphatic heterocycles. The zero-order valence-electron chi connectivity index (χ0n) is 15.5. The molecule has 0 radical (unpaired) electrons. The maximum absolute atomic E-state index is 5.99. The third-order valence-electron chi connectivity index (χ3n) is 4.92. The van der Waals surface area contributed by atoms with Gasteiger partial charge in [0.25, 0.3) is 0 Å². The number of benzene rings is 1. The van der Waals surface area contributed by atoms with Crippen LogP contribution >= 0.6 is 36.6 Å². The van der Waals surface area contributed by atoms with Gasteiger partial charge in [0.15, 0.2) is 0 Å². The summed E-state index contributed by atoms with van der Waals surface area (Å²) in [4.78, 5) is 8.20. The van der Waals surface area contributed by atoms with Crippen molar-refractivity contribution < 1.29 is 0 Å². The summed E-state index contributed by atoms with van der Waals surface area (Å²) in [5.74, 6) is 0. The van der Waals surface area contributed by atoms with Crippen LogP contribution in [-0.2, 0) is 13.1 Å². The first-order chi connectivity index (χ1) is 12.3. The van der Waals surface area contributed by atoms with Crippen LogP contribution in [0.5, 0.6) is 0 Å². The highest BCUT2D eigenvalue weighted by Crippen LogP contribution is 2.47. The number of pyridine rings is 1. The third-order valence-corrected chi connectivity index (χ3v) is 6.11. The van der Waals surface area contributed by atoms with E-state index in [9.17, 15) is 0 Å². The minimum absolute atomic E-state index is 0. The molecule has 3 heterocycles. The van der Waals surface area contributed by atoms with Gasteiger partial charge in [0, 0.05) is 35.1 Å². The maximum Gasteiger partial charge on any atom is 0.110 e. The fourth-order valence-corrected chi connectivity index (χ4v) is 4.61. The van der Waals surface area contributed by atoms with Crippen molar-refractivity contribution in [1.82, 2.24) is 19.7 Å². The maximum atomic E-state index is 5.99. The van der Waals surface area contributed by atoms with Crippen molar-refractivity contribution in [3.63, 3.8) is 0 Å². The molecule has 27 heavy (non-hydrogen) atoms. The van der Waals surface area contributed by atoms with Crippen LogP contribution in [-0.4, -0.2) is 39.3 Å². The fraction of sp³-hybridized carbons (Fsp3) is 0.368. The van der Waals surface area contributed by atoms with Gasteiger partial charge in [0.1, 0.15) is 10.7 Å². The first-order valence-electron chi connectivity index (χ1n) is 8.84. The Morgan fingerprint density at radius 3 is 2.63 bits per heavy atom. The highest BCUT2D eigenvalue weighted by Gasteiger charge is 2.26. The fourth-order valence-electron chi connectivity index (χ4n) is 3.45. The molecule has 0 aliphatic carbocycles. The number of rotatable bonds is 6.